The molecule has 0 fully saturated rings. The Kier molecular flexibility index (Phi) is 6.05. The molecule has 130 valence electrons. The van der Waals surface area contributed by atoms with Gasteiger partial charge in [0, 0.05) is 17.7 Å². The van der Waals surface area contributed by atoms with E-state index in [0.717, 1.165) is 0 Å². The van der Waals surface area contributed by atoms with Crippen LogP contribution >= 0.6 is 0 Å². The second-order valence-corrected chi connectivity index (χ2v) is 5.02. The molecule has 8 nitrogen and oxygen atoms in total. The van der Waals surface area contributed by atoms with Gasteiger partial charge in [0.2, 0.25) is 0 Å². The van der Waals surface area contributed by atoms with Crippen molar-refractivity contribution in [2.24, 2.45) is 5.10 Å². The molecular formula is C17H17N3O5. The molecule has 0 aromatic heterocycles. The number of amides is 1. The maximum atomic E-state index is 12.0. The quantitative estimate of drug-likeness (QED) is 0.473. The highest BCUT2D eigenvalue weighted by atomic mass is 16.6. The molecule has 1 amide bonds. The second kappa shape index (κ2) is 8.44. The molecule has 0 heterocycles. The average molecular weight is 343 g/mol. The van der Waals surface area contributed by atoms with Gasteiger partial charge < -0.3 is 9.47 Å². The van der Waals surface area contributed by atoms with E-state index in [1.165, 1.54) is 24.4 Å². The lowest BCUT2D eigenvalue weighted by Gasteiger charge is -2.13. The monoisotopic (exact) mass is 343 g/mol. The van der Waals surface area contributed by atoms with Gasteiger partial charge in [-0.25, -0.2) is 5.43 Å². The van der Waals surface area contributed by atoms with Crippen LogP contribution in [0.25, 0.3) is 0 Å². The summed E-state index contributed by atoms with van der Waals surface area (Å²) in [5.74, 6) is 0.759. The Morgan fingerprint density at radius 2 is 1.92 bits per heavy atom. The van der Waals surface area contributed by atoms with Crippen molar-refractivity contribution in [1.29, 1.82) is 0 Å². The fraction of sp³-hybridized carbons (Fsp3) is 0.176. The molecule has 0 saturated carbocycles. The van der Waals surface area contributed by atoms with Crippen LogP contribution < -0.4 is 14.9 Å². The zero-order chi connectivity index (χ0) is 18.2. The summed E-state index contributed by atoms with van der Waals surface area (Å²) < 4.78 is 10.5. The number of ether oxygens (including phenoxy) is 2. The molecule has 1 N–H and O–H groups in total. The number of nitro benzene ring substituents is 1. The number of benzene rings is 2. The minimum atomic E-state index is -0.768. The lowest BCUT2D eigenvalue weighted by molar-refractivity contribution is -0.384. The largest absolute Gasteiger partial charge is 0.497 e. The third-order valence-corrected chi connectivity index (χ3v) is 3.21. The first kappa shape index (κ1) is 17.9. The Morgan fingerprint density at radius 3 is 2.56 bits per heavy atom. The van der Waals surface area contributed by atoms with Crippen LogP contribution in [0.5, 0.6) is 11.5 Å². The van der Waals surface area contributed by atoms with Gasteiger partial charge in [-0.2, -0.15) is 5.10 Å². The fourth-order valence-electron chi connectivity index (χ4n) is 1.89. The Hall–Kier alpha value is -3.42. The number of hydrogen-bond acceptors (Lipinski definition) is 6. The van der Waals surface area contributed by atoms with E-state index in [9.17, 15) is 14.9 Å². The van der Waals surface area contributed by atoms with E-state index in [1.807, 2.05) is 0 Å². The normalized spacial score (nSPS) is 11.8. The van der Waals surface area contributed by atoms with E-state index in [2.05, 4.69) is 10.5 Å². The van der Waals surface area contributed by atoms with Crippen LogP contribution in [0.4, 0.5) is 5.69 Å². The predicted octanol–water partition coefficient (Wildman–Crippen LogP) is 2.52. The molecule has 0 radical (unpaired) electrons. The molecule has 2 aromatic rings. The van der Waals surface area contributed by atoms with Crippen molar-refractivity contribution >= 4 is 17.8 Å². The average Bonchev–Trinajstić information content (AvgIpc) is 2.62. The predicted molar refractivity (Wildman–Crippen MR) is 91.9 cm³/mol. The van der Waals surface area contributed by atoms with E-state index >= 15 is 0 Å². The van der Waals surface area contributed by atoms with Crippen LogP contribution in [-0.4, -0.2) is 30.3 Å². The van der Waals surface area contributed by atoms with Crippen molar-refractivity contribution < 1.29 is 19.2 Å². The molecule has 0 saturated heterocycles. The Bertz CT molecular complexity index is 774. The number of nitrogens with one attached hydrogen (secondary N) is 1. The zero-order valence-corrected chi connectivity index (χ0v) is 13.7. The lowest BCUT2D eigenvalue weighted by Crippen LogP contribution is -2.33. The highest BCUT2D eigenvalue weighted by molar-refractivity contribution is 5.84. The number of hydrogen-bond donors (Lipinski definition) is 1. The van der Waals surface area contributed by atoms with Crippen LogP contribution in [0.3, 0.4) is 0 Å². The van der Waals surface area contributed by atoms with Crippen LogP contribution in [0.2, 0.25) is 0 Å². The van der Waals surface area contributed by atoms with E-state index in [1.54, 1.807) is 44.4 Å². The standard InChI is InChI=1S/C17H17N3O5/c1-12(25-16-8-6-15(24-2)7-9-16)17(21)19-18-11-13-4-3-5-14(10-13)20(22)23/h3-12H,1-2H3,(H,19,21). The number of rotatable bonds is 7. The molecule has 25 heavy (non-hydrogen) atoms. The maximum Gasteiger partial charge on any atom is 0.280 e. The van der Waals surface area contributed by atoms with Crippen molar-refractivity contribution in [1.82, 2.24) is 5.43 Å². The van der Waals surface area contributed by atoms with Crippen molar-refractivity contribution in [3.8, 4) is 11.5 Å². The summed E-state index contributed by atoms with van der Waals surface area (Å²) in [5.41, 5.74) is 2.78. The number of carbonyl (C=O) groups is 1. The molecule has 2 aromatic carbocycles. The first-order chi connectivity index (χ1) is 12.0. The Labute approximate surface area is 144 Å². The molecular weight excluding hydrogens is 326 g/mol. The van der Waals surface area contributed by atoms with Gasteiger partial charge >= 0.3 is 0 Å². The molecule has 1 atom stereocenters. The highest BCUT2D eigenvalue weighted by Gasteiger charge is 2.14. The van der Waals surface area contributed by atoms with Crippen LogP contribution in [-0.2, 0) is 4.79 Å². The molecule has 0 aliphatic carbocycles. The van der Waals surface area contributed by atoms with E-state index in [-0.39, 0.29) is 5.69 Å². The summed E-state index contributed by atoms with van der Waals surface area (Å²) in [6.07, 6.45) is 0.556. The number of nitro groups is 1. The fourth-order valence-corrected chi connectivity index (χ4v) is 1.89. The van der Waals surface area contributed by atoms with Gasteiger partial charge in [0.05, 0.1) is 18.2 Å². The molecule has 1 unspecified atom stereocenters. The first-order valence-corrected chi connectivity index (χ1v) is 7.37. The van der Waals surface area contributed by atoms with Crippen molar-refractivity contribution in [3.63, 3.8) is 0 Å². The minimum Gasteiger partial charge on any atom is -0.497 e. The topological polar surface area (TPSA) is 103 Å². The second-order valence-electron chi connectivity index (χ2n) is 5.02. The number of nitrogens with zero attached hydrogens (tertiary/aromatic N) is 2. The number of hydrazone groups is 1. The van der Waals surface area contributed by atoms with Gasteiger partial charge in [-0.3, -0.25) is 14.9 Å². The SMILES string of the molecule is COc1ccc(OC(C)C(=O)NN=Cc2cccc([N+](=O)[O-])c2)cc1. The molecule has 2 rings (SSSR count). The zero-order valence-electron chi connectivity index (χ0n) is 13.7. The summed E-state index contributed by atoms with van der Waals surface area (Å²) in [7, 11) is 1.56. The summed E-state index contributed by atoms with van der Waals surface area (Å²) in [5, 5.41) is 14.5. The summed E-state index contributed by atoms with van der Waals surface area (Å²) in [6, 6.07) is 12.7. The van der Waals surface area contributed by atoms with Crippen LogP contribution in [0.15, 0.2) is 53.6 Å². The summed E-state index contributed by atoms with van der Waals surface area (Å²) in [6.45, 7) is 1.59. The van der Waals surface area contributed by atoms with Gasteiger partial charge in [0.1, 0.15) is 11.5 Å². The summed E-state index contributed by atoms with van der Waals surface area (Å²) in [4.78, 5) is 22.2. The first-order valence-electron chi connectivity index (χ1n) is 7.37. The molecule has 0 bridgehead atoms. The lowest BCUT2D eigenvalue weighted by atomic mass is 10.2. The third kappa shape index (κ3) is 5.31. The number of carbonyl (C=O) groups excluding carboxylic acids is 1. The third-order valence-electron chi connectivity index (χ3n) is 3.21. The highest BCUT2D eigenvalue weighted by Crippen LogP contribution is 2.18. The minimum absolute atomic E-state index is 0.0496. The van der Waals surface area contributed by atoms with Gasteiger partial charge in [-0.05, 0) is 31.2 Å². The molecule has 0 spiro atoms. The Balaban J connectivity index is 1.90. The van der Waals surface area contributed by atoms with Crippen LogP contribution in [0.1, 0.15) is 12.5 Å². The Morgan fingerprint density at radius 1 is 1.24 bits per heavy atom. The van der Waals surface area contributed by atoms with E-state index in [0.29, 0.717) is 17.1 Å². The number of non-ortho nitro benzene ring substituents is 1. The van der Waals surface area contributed by atoms with Gasteiger partial charge in [0.15, 0.2) is 6.10 Å². The van der Waals surface area contributed by atoms with Crippen molar-refractivity contribution in [2.45, 2.75) is 13.0 Å². The van der Waals surface area contributed by atoms with Crippen molar-refractivity contribution in [2.75, 3.05) is 7.11 Å². The van der Waals surface area contributed by atoms with Gasteiger partial charge in [-0.1, -0.05) is 12.1 Å². The van der Waals surface area contributed by atoms with E-state index < -0.39 is 16.9 Å². The number of methoxy groups -OCH3 is 1. The molecule has 0 aliphatic heterocycles. The summed E-state index contributed by atoms with van der Waals surface area (Å²) >= 11 is 0. The van der Waals surface area contributed by atoms with Gasteiger partial charge in [0.25, 0.3) is 11.6 Å². The van der Waals surface area contributed by atoms with E-state index in [4.69, 9.17) is 9.47 Å². The van der Waals surface area contributed by atoms with Crippen molar-refractivity contribution in [3.05, 3.63) is 64.2 Å². The molecule has 0 aliphatic rings. The van der Waals surface area contributed by atoms with Gasteiger partial charge in [-0.15, -0.1) is 0 Å². The molecule has 8 heteroatoms. The maximum absolute atomic E-state index is 12.0. The van der Waals surface area contributed by atoms with Crippen LogP contribution in [0, 0.1) is 10.1 Å². The smallest absolute Gasteiger partial charge is 0.280 e.